The first-order chi connectivity index (χ1) is 17.4. The van der Waals surface area contributed by atoms with E-state index < -0.39 is 18.0 Å². The molecule has 0 aliphatic heterocycles. The number of nitrogens with two attached hydrogens (primary N) is 2. The zero-order chi connectivity index (χ0) is 25.8. The number of hydrogen-bond acceptors (Lipinski definition) is 6. The van der Waals surface area contributed by atoms with Gasteiger partial charge in [0.1, 0.15) is 11.8 Å². The van der Waals surface area contributed by atoms with Crippen molar-refractivity contribution in [2.24, 2.45) is 11.5 Å². The van der Waals surface area contributed by atoms with Crippen molar-refractivity contribution in [3.8, 4) is 5.75 Å². The number of phenolic OH excluding ortho intramolecular Hbond substituents is 1. The summed E-state index contributed by atoms with van der Waals surface area (Å²) in [6, 6.07) is 13.3. The molecule has 2 amide bonds. The van der Waals surface area contributed by atoms with Crippen LogP contribution < -0.4 is 22.1 Å². The van der Waals surface area contributed by atoms with Gasteiger partial charge in [-0.3, -0.25) is 9.59 Å². The number of aryl methyl sites for hydroxylation is 1. The van der Waals surface area contributed by atoms with Crippen molar-refractivity contribution < 1.29 is 14.7 Å². The predicted octanol–water partition coefficient (Wildman–Crippen LogP) is 1.35. The van der Waals surface area contributed by atoms with Crippen LogP contribution in [0.5, 0.6) is 5.75 Å². The van der Waals surface area contributed by atoms with E-state index in [2.05, 4.69) is 44.9 Å². The van der Waals surface area contributed by atoms with E-state index in [1.165, 1.54) is 11.9 Å². The molecule has 0 unspecified atom stereocenters. The number of amides is 2. The van der Waals surface area contributed by atoms with Gasteiger partial charge in [-0.2, -0.15) is 0 Å². The molecule has 9 nitrogen and oxygen atoms in total. The van der Waals surface area contributed by atoms with E-state index in [1.54, 1.807) is 30.5 Å². The highest BCUT2D eigenvalue weighted by molar-refractivity contribution is 5.90. The molecule has 0 radical (unpaired) electrons. The third kappa shape index (κ3) is 8.83. The fraction of sp³-hybridized carbons (Fsp3) is 0.370. The molecule has 3 aromatic rings. The van der Waals surface area contributed by atoms with Crippen molar-refractivity contribution in [1.82, 2.24) is 20.6 Å². The molecule has 3 rings (SSSR count). The number of carbonyl (C=O) groups excluding carboxylic acids is 2. The molecule has 0 aliphatic carbocycles. The van der Waals surface area contributed by atoms with Gasteiger partial charge in [-0.25, -0.2) is 4.98 Å². The third-order valence-electron chi connectivity index (χ3n) is 6.00. The number of unbranched alkanes of at least 4 members (excludes halogenated alkanes) is 1. The summed E-state index contributed by atoms with van der Waals surface area (Å²) in [5, 5.41) is 15.3. The monoisotopic (exact) mass is 492 g/mol. The second-order valence-corrected chi connectivity index (χ2v) is 8.92. The minimum atomic E-state index is -0.830. The average molecular weight is 493 g/mol. The fourth-order valence-corrected chi connectivity index (χ4v) is 3.88. The van der Waals surface area contributed by atoms with Crippen LogP contribution in [0.25, 0.3) is 0 Å². The number of imidazole rings is 1. The minimum absolute atomic E-state index is 0.135. The summed E-state index contributed by atoms with van der Waals surface area (Å²) >= 11 is 0. The molecule has 0 saturated carbocycles. The van der Waals surface area contributed by atoms with E-state index in [9.17, 15) is 14.7 Å². The Bertz CT molecular complexity index is 1070. The quantitative estimate of drug-likeness (QED) is 0.186. The Morgan fingerprint density at radius 1 is 0.917 bits per heavy atom. The Morgan fingerprint density at radius 3 is 2.22 bits per heavy atom. The van der Waals surface area contributed by atoms with Gasteiger partial charge in [0, 0.05) is 31.3 Å². The van der Waals surface area contributed by atoms with E-state index in [-0.39, 0.29) is 24.5 Å². The molecule has 9 heteroatoms. The highest BCUT2D eigenvalue weighted by Gasteiger charge is 2.24. The Balaban J connectivity index is 1.56. The second kappa shape index (κ2) is 14.0. The molecular weight excluding hydrogens is 456 g/mol. The van der Waals surface area contributed by atoms with Gasteiger partial charge in [-0.05, 0) is 61.1 Å². The number of nitrogens with one attached hydrogen (secondary N) is 3. The van der Waals surface area contributed by atoms with Crippen LogP contribution in [0.3, 0.4) is 0 Å². The van der Waals surface area contributed by atoms with Crippen LogP contribution >= 0.6 is 0 Å². The van der Waals surface area contributed by atoms with Crippen molar-refractivity contribution in [2.45, 2.75) is 50.6 Å². The summed E-state index contributed by atoms with van der Waals surface area (Å²) < 4.78 is 0. The zero-order valence-corrected chi connectivity index (χ0v) is 20.5. The summed E-state index contributed by atoms with van der Waals surface area (Å²) in [6.07, 6.45) is 7.46. The minimum Gasteiger partial charge on any atom is -0.508 e. The van der Waals surface area contributed by atoms with E-state index in [0.717, 1.165) is 36.1 Å². The first kappa shape index (κ1) is 26.9. The lowest BCUT2D eigenvalue weighted by molar-refractivity contribution is -0.129. The van der Waals surface area contributed by atoms with Crippen LogP contribution in [0.4, 0.5) is 0 Å². The number of aromatic hydroxyl groups is 1. The second-order valence-electron chi connectivity index (χ2n) is 8.92. The number of aromatic nitrogens is 2. The van der Waals surface area contributed by atoms with Crippen LogP contribution in [0, 0.1) is 0 Å². The van der Waals surface area contributed by atoms with Crippen LogP contribution in [-0.4, -0.2) is 52.1 Å². The van der Waals surface area contributed by atoms with Gasteiger partial charge >= 0.3 is 0 Å². The van der Waals surface area contributed by atoms with Gasteiger partial charge in [0.05, 0.1) is 12.4 Å². The molecule has 1 heterocycles. The molecule has 2 aromatic carbocycles. The Hall–Kier alpha value is -3.69. The number of hydrogen-bond donors (Lipinski definition) is 6. The zero-order valence-electron chi connectivity index (χ0n) is 20.5. The molecule has 0 fully saturated rings. The Morgan fingerprint density at radius 2 is 1.58 bits per heavy atom. The Labute approximate surface area is 211 Å². The molecule has 0 aliphatic rings. The molecule has 2 atom stereocenters. The van der Waals surface area contributed by atoms with Crippen molar-refractivity contribution >= 4 is 11.8 Å². The van der Waals surface area contributed by atoms with Gasteiger partial charge in [0.2, 0.25) is 11.8 Å². The maximum atomic E-state index is 13.0. The fourth-order valence-electron chi connectivity index (χ4n) is 3.88. The maximum Gasteiger partial charge on any atom is 0.242 e. The van der Waals surface area contributed by atoms with Gasteiger partial charge in [-0.15, -0.1) is 0 Å². The normalized spacial score (nSPS) is 12.6. The molecule has 192 valence electrons. The van der Waals surface area contributed by atoms with Crippen molar-refractivity contribution in [1.29, 1.82) is 0 Å². The van der Waals surface area contributed by atoms with Gasteiger partial charge in [-0.1, -0.05) is 36.4 Å². The highest BCUT2D eigenvalue weighted by Crippen LogP contribution is 2.12. The first-order valence-corrected chi connectivity index (χ1v) is 12.3. The number of phenols is 1. The molecule has 0 saturated heterocycles. The lowest BCUT2D eigenvalue weighted by atomic mass is 10.0. The molecule has 1 aromatic heterocycles. The smallest absolute Gasteiger partial charge is 0.242 e. The van der Waals surface area contributed by atoms with Gasteiger partial charge in [0.15, 0.2) is 0 Å². The first-order valence-electron chi connectivity index (χ1n) is 12.3. The van der Waals surface area contributed by atoms with Gasteiger partial charge in [0.25, 0.3) is 0 Å². The lowest BCUT2D eigenvalue weighted by Gasteiger charge is -2.21. The number of carbonyl (C=O) groups is 2. The summed E-state index contributed by atoms with van der Waals surface area (Å²) in [5.41, 5.74) is 15.6. The number of aromatic amines is 1. The SMILES string of the molecule is NCCCCc1ccc(CCNC(=O)[C@H](Cc2ccc(O)cc2)NC(=O)[C@@H](N)Cc2cnc[nH]2)cc1. The molecule has 0 spiro atoms. The molecule has 8 N–H and O–H groups in total. The summed E-state index contributed by atoms with van der Waals surface area (Å²) in [5.74, 6) is -0.576. The van der Waals surface area contributed by atoms with Crippen molar-refractivity contribution in [3.05, 3.63) is 83.4 Å². The van der Waals surface area contributed by atoms with Crippen LogP contribution in [0.1, 0.15) is 35.2 Å². The molecule has 36 heavy (non-hydrogen) atoms. The van der Waals surface area contributed by atoms with Crippen LogP contribution in [-0.2, 0) is 35.3 Å². The number of benzene rings is 2. The predicted molar refractivity (Wildman–Crippen MR) is 139 cm³/mol. The topological polar surface area (TPSA) is 159 Å². The molecular formula is C27H36N6O3. The number of H-pyrrole nitrogens is 1. The Kier molecular flexibility index (Phi) is 10.5. The largest absolute Gasteiger partial charge is 0.508 e. The van der Waals surface area contributed by atoms with Crippen LogP contribution in [0.15, 0.2) is 61.1 Å². The maximum absolute atomic E-state index is 13.0. The van der Waals surface area contributed by atoms with E-state index in [0.29, 0.717) is 19.5 Å². The van der Waals surface area contributed by atoms with Crippen molar-refractivity contribution in [2.75, 3.05) is 13.1 Å². The lowest BCUT2D eigenvalue weighted by Crippen LogP contribution is -2.53. The summed E-state index contributed by atoms with van der Waals surface area (Å²) in [6.45, 7) is 1.15. The average Bonchev–Trinajstić information content (AvgIpc) is 3.39. The summed E-state index contributed by atoms with van der Waals surface area (Å²) in [4.78, 5) is 32.7. The highest BCUT2D eigenvalue weighted by atomic mass is 16.3. The standard InChI is InChI=1S/C27H36N6O3/c28-13-2-1-3-19-4-6-20(7-5-19)12-14-31-27(36)25(15-21-8-10-23(34)11-9-21)33-26(35)24(29)16-22-17-30-18-32-22/h4-11,17-18,24-25,34H,1-3,12-16,28-29H2,(H,30,32)(H,31,36)(H,33,35)/t24-,25-/m0/s1. The van der Waals surface area contributed by atoms with Crippen molar-refractivity contribution in [3.63, 3.8) is 0 Å². The third-order valence-corrected chi connectivity index (χ3v) is 6.00. The number of nitrogens with zero attached hydrogens (tertiary/aromatic N) is 1. The van der Waals surface area contributed by atoms with Gasteiger partial charge < -0.3 is 32.2 Å². The van der Waals surface area contributed by atoms with E-state index in [1.807, 2.05) is 0 Å². The van der Waals surface area contributed by atoms with E-state index >= 15 is 0 Å². The molecule has 0 bridgehead atoms. The van der Waals surface area contributed by atoms with Crippen LogP contribution in [0.2, 0.25) is 0 Å². The van der Waals surface area contributed by atoms with E-state index in [4.69, 9.17) is 11.5 Å². The summed E-state index contributed by atoms with van der Waals surface area (Å²) in [7, 11) is 0. The number of rotatable bonds is 14.